The summed E-state index contributed by atoms with van der Waals surface area (Å²) in [5, 5.41) is 2.76. The summed E-state index contributed by atoms with van der Waals surface area (Å²) in [6.07, 6.45) is 0. The Labute approximate surface area is 126 Å². The van der Waals surface area contributed by atoms with Crippen molar-refractivity contribution in [3.63, 3.8) is 0 Å². The number of aromatic nitrogens is 1. The fraction of sp³-hybridized carbons (Fsp3) is 0.538. The third kappa shape index (κ3) is 2.76. The minimum atomic E-state index is -0.913. The minimum absolute atomic E-state index is 0.0218. The van der Waals surface area contributed by atoms with Crippen LogP contribution in [0.5, 0.6) is 0 Å². The van der Waals surface area contributed by atoms with Crippen LogP contribution in [-0.2, 0) is 14.3 Å². The summed E-state index contributed by atoms with van der Waals surface area (Å²) in [5.41, 5.74) is -0.685. The third-order valence-corrected chi connectivity index (χ3v) is 4.26. The van der Waals surface area contributed by atoms with Crippen LogP contribution in [0.1, 0.15) is 36.1 Å². The molecule has 0 radical (unpaired) electrons. The lowest BCUT2D eigenvalue weighted by Crippen LogP contribution is -2.64. The highest BCUT2D eigenvalue weighted by Crippen LogP contribution is 2.32. The molecule has 0 atom stereocenters. The first-order valence-electron chi connectivity index (χ1n) is 6.53. The van der Waals surface area contributed by atoms with Gasteiger partial charge in [-0.15, -0.1) is 11.3 Å². The summed E-state index contributed by atoms with van der Waals surface area (Å²) in [6.45, 7) is 7.17. The molecule has 0 unspecified atom stereocenters. The van der Waals surface area contributed by atoms with Crippen LogP contribution < -0.4 is 10.2 Å². The van der Waals surface area contributed by atoms with Crippen LogP contribution in [0.2, 0.25) is 0 Å². The van der Waals surface area contributed by atoms with Gasteiger partial charge in [0.25, 0.3) is 5.91 Å². The summed E-state index contributed by atoms with van der Waals surface area (Å²) in [6, 6.07) is 0. The number of ether oxygens (including phenoxy) is 1. The molecule has 0 bridgehead atoms. The molecule has 0 aromatic carbocycles. The van der Waals surface area contributed by atoms with Crippen molar-refractivity contribution in [3.8, 4) is 0 Å². The monoisotopic (exact) mass is 311 g/mol. The van der Waals surface area contributed by atoms with E-state index in [-0.39, 0.29) is 30.7 Å². The quantitative estimate of drug-likeness (QED) is 0.658. The van der Waals surface area contributed by atoms with Crippen molar-refractivity contribution >= 4 is 34.3 Å². The Morgan fingerprint density at radius 2 is 2.14 bits per heavy atom. The number of nitrogens with zero attached hydrogens (tertiary/aromatic N) is 2. The van der Waals surface area contributed by atoms with Crippen LogP contribution in [-0.4, -0.2) is 41.5 Å². The standard InChI is InChI=1S/C13H17N3O4S/c1-5-20-10(18)9-7(2)21-12(15-9)16-6-8(17)14-11(19)13(16,3)4/h5-6H2,1-4H3,(H,14,17,19). The lowest BCUT2D eigenvalue weighted by molar-refractivity contribution is -0.135. The van der Waals surface area contributed by atoms with Gasteiger partial charge in [0.05, 0.1) is 6.61 Å². The molecule has 2 heterocycles. The van der Waals surface area contributed by atoms with Gasteiger partial charge in [-0.2, -0.15) is 0 Å². The molecule has 21 heavy (non-hydrogen) atoms. The molecule has 2 amide bonds. The highest BCUT2D eigenvalue weighted by molar-refractivity contribution is 7.15. The Hall–Kier alpha value is -1.96. The van der Waals surface area contributed by atoms with Gasteiger partial charge in [0.2, 0.25) is 5.91 Å². The van der Waals surface area contributed by atoms with Gasteiger partial charge in [0.1, 0.15) is 12.1 Å². The second-order valence-electron chi connectivity index (χ2n) is 5.14. The van der Waals surface area contributed by atoms with Crippen LogP contribution in [0.4, 0.5) is 5.13 Å². The fourth-order valence-electron chi connectivity index (χ4n) is 1.98. The van der Waals surface area contributed by atoms with E-state index in [9.17, 15) is 14.4 Å². The van der Waals surface area contributed by atoms with Crippen molar-refractivity contribution in [1.82, 2.24) is 10.3 Å². The molecule has 0 saturated carbocycles. The third-order valence-electron chi connectivity index (χ3n) is 3.27. The number of carbonyl (C=O) groups excluding carboxylic acids is 3. The van der Waals surface area contributed by atoms with E-state index in [0.717, 1.165) is 0 Å². The number of anilines is 1. The largest absolute Gasteiger partial charge is 0.461 e. The second kappa shape index (κ2) is 5.44. The Morgan fingerprint density at radius 1 is 1.48 bits per heavy atom. The van der Waals surface area contributed by atoms with Gasteiger partial charge < -0.3 is 9.64 Å². The number of thiazole rings is 1. The average molecular weight is 311 g/mol. The second-order valence-corrected chi connectivity index (χ2v) is 6.33. The van der Waals surface area contributed by atoms with Crippen molar-refractivity contribution in [2.24, 2.45) is 0 Å². The highest BCUT2D eigenvalue weighted by atomic mass is 32.1. The lowest BCUT2D eigenvalue weighted by Gasteiger charge is -2.39. The molecular formula is C13H17N3O4S. The molecule has 1 saturated heterocycles. The number of aryl methyl sites for hydroxylation is 1. The smallest absolute Gasteiger partial charge is 0.358 e. The summed E-state index contributed by atoms with van der Waals surface area (Å²) < 4.78 is 4.94. The number of amides is 2. The zero-order chi connectivity index (χ0) is 15.8. The maximum atomic E-state index is 11.9. The van der Waals surface area contributed by atoms with Crippen LogP contribution in [0, 0.1) is 6.92 Å². The maximum absolute atomic E-state index is 11.9. The number of nitrogens with one attached hydrogen (secondary N) is 1. The number of esters is 1. The first-order valence-corrected chi connectivity index (χ1v) is 7.35. The van der Waals surface area contributed by atoms with Gasteiger partial charge in [-0.1, -0.05) is 0 Å². The van der Waals surface area contributed by atoms with Crippen LogP contribution in [0.3, 0.4) is 0 Å². The zero-order valence-corrected chi connectivity index (χ0v) is 13.2. The number of imide groups is 1. The van der Waals surface area contributed by atoms with E-state index in [1.165, 1.54) is 11.3 Å². The topological polar surface area (TPSA) is 88.6 Å². The van der Waals surface area contributed by atoms with E-state index < -0.39 is 11.5 Å². The molecule has 8 heteroatoms. The fourth-order valence-corrected chi connectivity index (χ4v) is 3.02. The first-order chi connectivity index (χ1) is 9.77. The Balaban J connectivity index is 2.37. The van der Waals surface area contributed by atoms with Crippen LogP contribution >= 0.6 is 11.3 Å². The van der Waals surface area contributed by atoms with Crippen molar-refractivity contribution in [2.45, 2.75) is 33.2 Å². The molecule has 0 aliphatic carbocycles. The number of carbonyl (C=O) groups is 3. The normalized spacial score (nSPS) is 17.6. The molecule has 0 spiro atoms. The van der Waals surface area contributed by atoms with Crippen molar-refractivity contribution in [2.75, 3.05) is 18.1 Å². The number of hydrogen-bond acceptors (Lipinski definition) is 7. The van der Waals surface area contributed by atoms with Gasteiger partial charge in [-0.25, -0.2) is 9.78 Å². The Bertz CT molecular complexity index is 609. The molecule has 1 aliphatic heterocycles. The lowest BCUT2D eigenvalue weighted by atomic mass is 10.00. The molecule has 114 valence electrons. The number of hydrogen-bond donors (Lipinski definition) is 1. The van der Waals surface area contributed by atoms with E-state index in [0.29, 0.717) is 10.0 Å². The van der Waals surface area contributed by atoms with Crippen molar-refractivity contribution < 1.29 is 19.1 Å². The van der Waals surface area contributed by atoms with E-state index >= 15 is 0 Å². The van der Waals surface area contributed by atoms with Crippen molar-refractivity contribution in [1.29, 1.82) is 0 Å². The Morgan fingerprint density at radius 3 is 2.76 bits per heavy atom. The zero-order valence-electron chi connectivity index (χ0n) is 12.3. The summed E-state index contributed by atoms with van der Waals surface area (Å²) in [4.78, 5) is 41.9. The average Bonchev–Trinajstić information content (AvgIpc) is 2.76. The molecule has 2 rings (SSSR count). The summed E-state index contributed by atoms with van der Waals surface area (Å²) in [5.74, 6) is -1.27. The highest BCUT2D eigenvalue weighted by Gasteiger charge is 2.42. The molecule has 1 aromatic rings. The predicted octanol–water partition coefficient (Wildman–Crippen LogP) is 0.870. The SMILES string of the molecule is CCOC(=O)c1nc(N2CC(=O)NC(=O)C2(C)C)sc1C. The predicted molar refractivity (Wildman–Crippen MR) is 77.4 cm³/mol. The maximum Gasteiger partial charge on any atom is 0.358 e. The van der Waals surface area contributed by atoms with Crippen molar-refractivity contribution in [3.05, 3.63) is 10.6 Å². The minimum Gasteiger partial charge on any atom is -0.461 e. The first kappa shape index (κ1) is 15.4. The van der Waals surface area contributed by atoms with Gasteiger partial charge in [0, 0.05) is 4.88 Å². The number of piperazine rings is 1. The summed E-state index contributed by atoms with van der Waals surface area (Å²) >= 11 is 1.26. The van der Waals surface area contributed by atoms with Crippen LogP contribution in [0.25, 0.3) is 0 Å². The molecule has 7 nitrogen and oxygen atoms in total. The van der Waals surface area contributed by atoms with Gasteiger partial charge >= 0.3 is 5.97 Å². The van der Waals surface area contributed by atoms with E-state index in [1.54, 1.807) is 32.6 Å². The van der Waals surface area contributed by atoms with E-state index in [2.05, 4.69) is 10.3 Å². The van der Waals surface area contributed by atoms with Gasteiger partial charge in [-0.3, -0.25) is 14.9 Å². The summed E-state index contributed by atoms with van der Waals surface area (Å²) in [7, 11) is 0. The van der Waals surface area contributed by atoms with Gasteiger partial charge in [-0.05, 0) is 27.7 Å². The van der Waals surface area contributed by atoms with Crippen LogP contribution in [0.15, 0.2) is 0 Å². The molecule has 1 aromatic heterocycles. The molecule has 1 aliphatic rings. The molecule has 1 fully saturated rings. The van der Waals surface area contributed by atoms with E-state index in [1.807, 2.05) is 0 Å². The molecule has 1 N–H and O–H groups in total. The van der Waals surface area contributed by atoms with E-state index in [4.69, 9.17) is 4.74 Å². The Kier molecular flexibility index (Phi) is 3.99. The van der Waals surface area contributed by atoms with Gasteiger partial charge in [0.15, 0.2) is 10.8 Å². The number of rotatable bonds is 3. The molecular weight excluding hydrogens is 294 g/mol.